The first kappa shape index (κ1) is 23.1. The predicted octanol–water partition coefficient (Wildman–Crippen LogP) is 2.58. The highest BCUT2D eigenvalue weighted by atomic mass is 16.5. The number of benzene rings is 2. The first-order valence-corrected chi connectivity index (χ1v) is 12.8. The summed E-state index contributed by atoms with van der Waals surface area (Å²) in [7, 11) is 1.64. The summed E-state index contributed by atoms with van der Waals surface area (Å²) in [6, 6.07) is 15.1. The number of carbonyl (C=O) groups excluding carboxylic acids is 2. The maximum absolute atomic E-state index is 13.8. The van der Waals surface area contributed by atoms with Crippen molar-refractivity contribution in [2.75, 3.05) is 53.0 Å². The molecule has 0 bridgehead atoms. The van der Waals surface area contributed by atoms with Gasteiger partial charge in [0.25, 0.3) is 0 Å². The normalized spacial score (nSPS) is 22.6. The summed E-state index contributed by atoms with van der Waals surface area (Å²) in [5.74, 6) is 0.803. The Bertz CT molecular complexity index is 1260. The molecule has 3 aliphatic rings. The number of nitrogens with one attached hydrogen (secondary N) is 1. The maximum atomic E-state index is 13.8. The Labute approximate surface area is 210 Å². The number of ether oxygens (including phenoxy) is 2. The number of methoxy groups -OCH3 is 1. The van der Waals surface area contributed by atoms with Crippen molar-refractivity contribution in [3.8, 4) is 5.75 Å². The molecule has 6 rings (SSSR count). The number of hydrogen-bond donors (Lipinski definition) is 1. The Kier molecular flexibility index (Phi) is 6.15. The van der Waals surface area contributed by atoms with E-state index >= 15 is 0 Å². The summed E-state index contributed by atoms with van der Waals surface area (Å²) in [6.45, 7) is 5.01. The lowest BCUT2D eigenvalue weighted by Gasteiger charge is -2.47. The molecule has 2 fully saturated rings. The van der Waals surface area contributed by atoms with Crippen molar-refractivity contribution in [3.05, 3.63) is 65.4 Å². The number of aromatic nitrogens is 1. The molecule has 36 heavy (non-hydrogen) atoms. The smallest absolute Gasteiger partial charge is 0.246 e. The topological polar surface area (TPSA) is 78.1 Å². The molecule has 8 nitrogen and oxygen atoms in total. The summed E-state index contributed by atoms with van der Waals surface area (Å²) in [5, 5.41) is 1.12. The van der Waals surface area contributed by atoms with Gasteiger partial charge in [0, 0.05) is 49.2 Å². The molecular weight excluding hydrogens is 456 g/mol. The third-order valence-corrected chi connectivity index (χ3v) is 7.78. The van der Waals surface area contributed by atoms with E-state index in [0.717, 1.165) is 72.7 Å². The van der Waals surface area contributed by atoms with Crippen LogP contribution in [0.15, 0.2) is 48.5 Å². The van der Waals surface area contributed by atoms with Crippen LogP contribution in [0, 0.1) is 0 Å². The van der Waals surface area contributed by atoms with E-state index in [1.54, 1.807) is 12.0 Å². The first-order chi connectivity index (χ1) is 17.6. The highest BCUT2D eigenvalue weighted by molar-refractivity contribution is 5.97. The van der Waals surface area contributed by atoms with Gasteiger partial charge in [-0.15, -0.1) is 0 Å². The number of carbonyl (C=O) groups is 2. The quantitative estimate of drug-likeness (QED) is 0.577. The van der Waals surface area contributed by atoms with Crippen molar-refractivity contribution in [1.82, 2.24) is 19.7 Å². The number of piperazine rings is 1. The SMILES string of the molecule is COc1ccc(C2c3[nH]c4ccccc4c3CC3C(=O)N(CCCN4CCOCC4)CC(=O)N32)cc1. The van der Waals surface area contributed by atoms with Crippen LogP contribution >= 0.6 is 0 Å². The number of para-hydroxylation sites is 1. The van der Waals surface area contributed by atoms with Crippen LogP contribution in [0.4, 0.5) is 0 Å². The largest absolute Gasteiger partial charge is 0.497 e. The molecule has 2 saturated heterocycles. The van der Waals surface area contributed by atoms with E-state index in [0.29, 0.717) is 13.0 Å². The summed E-state index contributed by atoms with van der Waals surface area (Å²) < 4.78 is 10.8. The summed E-state index contributed by atoms with van der Waals surface area (Å²) >= 11 is 0. The number of H-pyrrole nitrogens is 1. The van der Waals surface area contributed by atoms with Gasteiger partial charge in [0.15, 0.2) is 0 Å². The summed E-state index contributed by atoms with van der Waals surface area (Å²) in [5.41, 5.74) is 4.13. The second-order valence-corrected chi connectivity index (χ2v) is 9.83. The van der Waals surface area contributed by atoms with Gasteiger partial charge >= 0.3 is 0 Å². The minimum Gasteiger partial charge on any atom is -0.497 e. The number of nitrogens with zero attached hydrogens (tertiary/aromatic N) is 3. The molecule has 0 aliphatic carbocycles. The number of fused-ring (bicyclic) bond motifs is 4. The monoisotopic (exact) mass is 488 g/mol. The van der Waals surface area contributed by atoms with Crippen LogP contribution < -0.4 is 4.74 Å². The number of morpholine rings is 1. The Morgan fingerprint density at radius 2 is 1.81 bits per heavy atom. The van der Waals surface area contributed by atoms with Crippen LogP contribution in [0.2, 0.25) is 0 Å². The minimum absolute atomic E-state index is 0.00361. The first-order valence-electron chi connectivity index (χ1n) is 12.8. The van der Waals surface area contributed by atoms with E-state index in [4.69, 9.17) is 9.47 Å². The lowest BCUT2D eigenvalue weighted by Crippen LogP contribution is -2.63. The van der Waals surface area contributed by atoms with Gasteiger partial charge in [-0.25, -0.2) is 0 Å². The number of rotatable bonds is 6. The average Bonchev–Trinajstić information content (AvgIpc) is 3.29. The Hall–Kier alpha value is -3.36. The van der Waals surface area contributed by atoms with Gasteiger partial charge in [-0.3, -0.25) is 14.5 Å². The van der Waals surface area contributed by atoms with Gasteiger partial charge in [-0.05, 0) is 35.7 Å². The van der Waals surface area contributed by atoms with Crippen LogP contribution in [-0.4, -0.2) is 90.6 Å². The fourth-order valence-corrected chi connectivity index (χ4v) is 5.96. The fourth-order valence-electron chi connectivity index (χ4n) is 5.96. The third kappa shape index (κ3) is 4.04. The van der Waals surface area contributed by atoms with Gasteiger partial charge < -0.3 is 24.3 Å². The average molecular weight is 489 g/mol. The molecule has 188 valence electrons. The molecule has 2 unspecified atom stereocenters. The lowest BCUT2D eigenvalue weighted by atomic mass is 9.86. The van der Waals surface area contributed by atoms with Crippen molar-refractivity contribution >= 4 is 22.7 Å². The van der Waals surface area contributed by atoms with E-state index < -0.39 is 6.04 Å². The van der Waals surface area contributed by atoms with Crippen LogP contribution in [0.25, 0.3) is 10.9 Å². The van der Waals surface area contributed by atoms with Crippen molar-refractivity contribution in [1.29, 1.82) is 0 Å². The number of amides is 2. The molecular formula is C28H32N4O4. The zero-order valence-electron chi connectivity index (χ0n) is 20.6. The minimum atomic E-state index is -0.506. The molecule has 0 spiro atoms. The molecule has 1 aromatic heterocycles. The van der Waals surface area contributed by atoms with E-state index in [1.165, 1.54) is 0 Å². The van der Waals surface area contributed by atoms with Gasteiger partial charge in [0.2, 0.25) is 11.8 Å². The van der Waals surface area contributed by atoms with E-state index in [2.05, 4.69) is 22.0 Å². The number of hydrogen-bond acceptors (Lipinski definition) is 5. The molecule has 3 aliphatic heterocycles. The van der Waals surface area contributed by atoms with Crippen LogP contribution in [0.1, 0.15) is 29.3 Å². The molecule has 0 saturated carbocycles. The van der Waals surface area contributed by atoms with Crippen LogP contribution in [-0.2, 0) is 20.7 Å². The Balaban J connectivity index is 1.31. The fraction of sp³-hybridized carbons (Fsp3) is 0.429. The Morgan fingerprint density at radius 3 is 2.58 bits per heavy atom. The van der Waals surface area contributed by atoms with E-state index in [9.17, 15) is 9.59 Å². The van der Waals surface area contributed by atoms with Crippen LogP contribution in [0.3, 0.4) is 0 Å². The lowest BCUT2D eigenvalue weighted by molar-refractivity contribution is -0.158. The molecule has 0 radical (unpaired) electrons. The second kappa shape index (κ2) is 9.59. The third-order valence-electron chi connectivity index (χ3n) is 7.78. The molecule has 2 amide bonds. The number of aromatic amines is 1. The predicted molar refractivity (Wildman–Crippen MR) is 136 cm³/mol. The van der Waals surface area contributed by atoms with Crippen LogP contribution in [0.5, 0.6) is 5.75 Å². The molecule has 1 N–H and O–H groups in total. The van der Waals surface area contributed by atoms with E-state index in [1.807, 2.05) is 41.3 Å². The van der Waals surface area contributed by atoms with Gasteiger partial charge in [0.1, 0.15) is 11.8 Å². The molecule has 3 aromatic rings. The highest BCUT2D eigenvalue weighted by Gasteiger charge is 2.48. The zero-order chi connectivity index (χ0) is 24.6. The molecule has 8 heteroatoms. The zero-order valence-corrected chi connectivity index (χ0v) is 20.6. The maximum Gasteiger partial charge on any atom is 0.246 e. The van der Waals surface area contributed by atoms with Crippen molar-refractivity contribution in [3.63, 3.8) is 0 Å². The van der Waals surface area contributed by atoms with E-state index in [-0.39, 0.29) is 24.4 Å². The molecule has 2 aromatic carbocycles. The van der Waals surface area contributed by atoms with Gasteiger partial charge in [0.05, 0.1) is 32.9 Å². The standard InChI is InChI=1S/C28H32N4O4/c1-35-20-9-7-19(8-10-20)27-26-22(21-5-2-3-6-23(21)29-26)17-24-28(34)31(18-25(33)32(24)27)12-4-11-30-13-15-36-16-14-30/h2-3,5-10,24,27,29H,4,11-18H2,1H3. The summed E-state index contributed by atoms with van der Waals surface area (Å²) in [4.78, 5) is 37.0. The van der Waals surface area contributed by atoms with Crippen molar-refractivity contribution in [2.24, 2.45) is 0 Å². The van der Waals surface area contributed by atoms with Crippen molar-refractivity contribution < 1.29 is 19.1 Å². The Morgan fingerprint density at radius 1 is 1.03 bits per heavy atom. The second-order valence-electron chi connectivity index (χ2n) is 9.83. The van der Waals surface area contributed by atoms with Gasteiger partial charge in [-0.1, -0.05) is 30.3 Å². The van der Waals surface area contributed by atoms with Crippen molar-refractivity contribution in [2.45, 2.75) is 24.9 Å². The molecule has 2 atom stereocenters. The highest BCUT2D eigenvalue weighted by Crippen LogP contribution is 2.42. The summed E-state index contributed by atoms with van der Waals surface area (Å²) in [6.07, 6.45) is 1.38. The molecule has 4 heterocycles. The van der Waals surface area contributed by atoms with Gasteiger partial charge in [-0.2, -0.15) is 0 Å².